The van der Waals surface area contributed by atoms with E-state index < -0.39 is 0 Å². The minimum absolute atomic E-state index is 0.00829. The lowest BCUT2D eigenvalue weighted by Gasteiger charge is -2.37. The fourth-order valence-electron chi connectivity index (χ4n) is 3.62. The number of pyridine rings is 1. The van der Waals surface area contributed by atoms with Gasteiger partial charge in [-0.05, 0) is 50.5 Å². The van der Waals surface area contributed by atoms with Crippen molar-refractivity contribution in [2.45, 2.75) is 39.3 Å². The van der Waals surface area contributed by atoms with Crippen molar-refractivity contribution in [2.24, 2.45) is 0 Å². The molecule has 0 spiro atoms. The maximum absolute atomic E-state index is 12.5. The highest BCUT2D eigenvalue weighted by Gasteiger charge is 2.23. The molecule has 3 aromatic rings. The summed E-state index contributed by atoms with van der Waals surface area (Å²) in [4.78, 5) is 19.6. The van der Waals surface area contributed by atoms with Crippen molar-refractivity contribution < 1.29 is 0 Å². The van der Waals surface area contributed by atoms with Gasteiger partial charge in [0, 0.05) is 23.5 Å². The van der Waals surface area contributed by atoms with Gasteiger partial charge in [0.25, 0.3) is 5.56 Å². The average molecular weight is 319 g/mol. The molecule has 0 fully saturated rings. The molecular weight excluding hydrogens is 298 g/mol. The van der Waals surface area contributed by atoms with E-state index in [-0.39, 0.29) is 5.56 Å². The Morgan fingerprint density at radius 3 is 2.88 bits per heavy atom. The highest BCUT2D eigenvalue weighted by atomic mass is 16.1. The molecule has 0 saturated carbocycles. The van der Waals surface area contributed by atoms with Crippen molar-refractivity contribution in [2.75, 3.05) is 4.90 Å². The lowest BCUT2D eigenvalue weighted by atomic mass is 9.96. The molecule has 0 amide bonds. The molecule has 1 aliphatic heterocycles. The van der Waals surface area contributed by atoms with Gasteiger partial charge in [0.05, 0.1) is 12.2 Å². The number of hydrogen-bond acceptors (Lipinski definition) is 3. The van der Waals surface area contributed by atoms with Crippen LogP contribution in [0.4, 0.5) is 5.69 Å². The number of anilines is 1. The lowest BCUT2D eigenvalue weighted by Crippen LogP contribution is -2.37. The van der Waals surface area contributed by atoms with Gasteiger partial charge in [0.2, 0.25) is 0 Å². The quantitative estimate of drug-likeness (QED) is 0.727. The summed E-state index contributed by atoms with van der Waals surface area (Å²) in [5.41, 5.74) is 5.09. The van der Waals surface area contributed by atoms with E-state index in [1.807, 2.05) is 25.1 Å². The average Bonchev–Trinajstić information content (AvgIpc) is 2.57. The number of benzene rings is 1. The smallest absolute Gasteiger partial charge is 0.258 e. The topological polar surface area (TPSA) is 37.6 Å². The second-order valence-electron chi connectivity index (χ2n) is 6.59. The van der Waals surface area contributed by atoms with E-state index in [1.165, 1.54) is 11.3 Å². The third-order valence-corrected chi connectivity index (χ3v) is 4.93. The molecule has 0 unspecified atom stereocenters. The van der Waals surface area contributed by atoms with Gasteiger partial charge in [-0.25, -0.2) is 4.98 Å². The molecule has 0 N–H and O–H groups in total. The molecule has 4 heteroatoms. The third-order valence-electron chi connectivity index (χ3n) is 4.93. The van der Waals surface area contributed by atoms with Crippen LogP contribution in [-0.2, 0) is 13.0 Å². The standard InChI is InChI=1S/C20H21N3O/c1-14-10-11-16-7-3-4-8-18(16)22(14)13-17-12-20(24)23-15(2)6-5-9-19(23)21-17/h3-9,12,14H,10-11,13H2,1-2H3/t14-/m0/s1. The molecule has 1 aromatic carbocycles. The zero-order valence-electron chi connectivity index (χ0n) is 14.1. The van der Waals surface area contributed by atoms with Gasteiger partial charge in [-0.1, -0.05) is 24.3 Å². The van der Waals surface area contributed by atoms with E-state index in [2.05, 4.69) is 36.1 Å². The maximum atomic E-state index is 12.5. The zero-order chi connectivity index (χ0) is 16.7. The number of aromatic nitrogens is 2. The molecule has 24 heavy (non-hydrogen) atoms. The number of rotatable bonds is 2. The maximum Gasteiger partial charge on any atom is 0.258 e. The van der Waals surface area contributed by atoms with Crippen molar-refractivity contribution in [3.05, 3.63) is 75.8 Å². The Labute approximate surface area is 141 Å². The van der Waals surface area contributed by atoms with Gasteiger partial charge in [-0.2, -0.15) is 0 Å². The molecular formula is C20H21N3O. The highest BCUT2D eigenvalue weighted by molar-refractivity contribution is 5.56. The fourth-order valence-corrected chi connectivity index (χ4v) is 3.62. The van der Waals surface area contributed by atoms with E-state index in [0.29, 0.717) is 12.6 Å². The molecule has 2 aromatic heterocycles. The van der Waals surface area contributed by atoms with E-state index in [1.54, 1.807) is 10.5 Å². The van der Waals surface area contributed by atoms with Crippen LogP contribution in [0, 0.1) is 6.92 Å². The van der Waals surface area contributed by atoms with Crippen molar-refractivity contribution in [3.8, 4) is 0 Å². The van der Waals surface area contributed by atoms with Crippen LogP contribution in [0.3, 0.4) is 0 Å². The molecule has 0 aliphatic carbocycles. The molecule has 0 bridgehead atoms. The van der Waals surface area contributed by atoms with Crippen LogP contribution in [-0.4, -0.2) is 15.4 Å². The van der Waals surface area contributed by atoms with Gasteiger partial charge >= 0.3 is 0 Å². The Morgan fingerprint density at radius 2 is 2.00 bits per heavy atom. The molecule has 3 heterocycles. The Kier molecular flexibility index (Phi) is 3.60. The second kappa shape index (κ2) is 5.78. The molecule has 4 rings (SSSR count). The molecule has 1 aliphatic rings. The molecule has 122 valence electrons. The summed E-state index contributed by atoms with van der Waals surface area (Å²) in [5.74, 6) is 0. The number of para-hydroxylation sites is 1. The van der Waals surface area contributed by atoms with Crippen molar-refractivity contribution in [1.82, 2.24) is 9.38 Å². The Hall–Kier alpha value is -2.62. The van der Waals surface area contributed by atoms with Crippen LogP contribution in [0.2, 0.25) is 0 Å². The van der Waals surface area contributed by atoms with Crippen molar-refractivity contribution >= 4 is 11.3 Å². The van der Waals surface area contributed by atoms with E-state index in [0.717, 1.165) is 29.9 Å². The van der Waals surface area contributed by atoms with Gasteiger partial charge in [-0.15, -0.1) is 0 Å². The van der Waals surface area contributed by atoms with E-state index in [9.17, 15) is 4.79 Å². The van der Waals surface area contributed by atoms with Gasteiger partial charge < -0.3 is 4.90 Å². The summed E-state index contributed by atoms with van der Waals surface area (Å²) in [6.45, 7) is 4.84. The van der Waals surface area contributed by atoms with Crippen LogP contribution < -0.4 is 10.5 Å². The van der Waals surface area contributed by atoms with Gasteiger partial charge in [0.15, 0.2) is 0 Å². The van der Waals surface area contributed by atoms with Crippen molar-refractivity contribution in [1.29, 1.82) is 0 Å². The summed E-state index contributed by atoms with van der Waals surface area (Å²) in [6.07, 6.45) is 2.24. The first-order valence-electron chi connectivity index (χ1n) is 8.46. The molecule has 0 radical (unpaired) electrons. The van der Waals surface area contributed by atoms with Gasteiger partial charge in [-0.3, -0.25) is 9.20 Å². The number of hydrogen-bond donors (Lipinski definition) is 0. The zero-order valence-corrected chi connectivity index (χ0v) is 14.1. The number of nitrogens with zero attached hydrogens (tertiary/aromatic N) is 3. The van der Waals surface area contributed by atoms with Crippen LogP contribution in [0.1, 0.15) is 30.3 Å². The van der Waals surface area contributed by atoms with E-state index in [4.69, 9.17) is 4.98 Å². The van der Waals surface area contributed by atoms with Crippen LogP contribution in [0.5, 0.6) is 0 Å². The number of aryl methyl sites for hydroxylation is 2. The highest BCUT2D eigenvalue weighted by Crippen LogP contribution is 2.31. The second-order valence-corrected chi connectivity index (χ2v) is 6.59. The normalized spacial score (nSPS) is 17.1. The Morgan fingerprint density at radius 1 is 1.17 bits per heavy atom. The summed E-state index contributed by atoms with van der Waals surface area (Å²) < 4.78 is 1.66. The summed E-state index contributed by atoms with van der Waals surface area (Å²) in [5, 5.41) is 0. The Bertz CT molecular complexity index is 961. The minimum atomic E-state index is -0.00829. The van der Waals surface area contributed by atoms with Crippen LogP contribution in [0.25, 0.3) is 5.65 Å². The molecule has 4 nitrogen and oxygen atoms in total. The Balaban J connectivity index is 1.76. The van der Waals surface area contributed by atoms with Crippen LogP contribution >= 0.6 is 0 Å². The summed E-state index contributed by atoms with van der Waals surface area (Å²) in [7, 11) is 0. The monoisotopic (exact) mass is 319 g/mol. The first kappa shape index (κ1) is 14.9. The molecule has 0 saturated heterocycles. The first-order valence-corrected chi connectivity index (χ1v) is 8.46. The third kappa shape index (κ3) is 2.48. The number of fused-ring (bicyclic) bond motifs is 2. The minimum Gasteiger partial charge on any atom is -0.363 e. The fraction of sp³-hybridized carbons (Fsp3) is 0.300. The van der Waals surface area contributed by atoms with Crippen molar-refractivity contribution in [3.63, 3.8) is 0 Å². The largest absolute Gasteiger partial charge is 0.363 e. The lowest BCUT2D eigenvalue weighted by molar-refractivity contribution is 0.556. The summed E-state index contributed by atoms with van der Waals surface area (Å²) >= 11 is 0. The SMILES string of the molecule is Cc1cccc2nc(CN3c4ccccc4CC[C@@H]3C)cc(=O)n12. The predicted molar refractivity (Wildman–Crippen MR) is 96.6 cm³/mol. The van der Waals surface area contributed by atoms with Gasteiger partial charge in [0.1, 0.15) is 5.65 Å². The van der Waals surface area contributed by atoms with Crippen LogP contribution in [0.15, 0.2) is 53.3 Å². The predicted octanol–water partition coefficient (Wildman–Crippen LogP) is 3.34. The van der Waals surface area contributed by atoms with E-state index >= 15 is 0 Å². The summed E-state index contributed by atoms with van der Waals surface area (Å²) in [6, 6.07) is 16.4. The molecule has 1 atom stereocenters. The first-order chi connectivity index (χ1) is 11.6.